The molecule has 1 fully saturated rings. The van der Waals surface area contributed by atoms with Gasteiger partial charge in [0.2, 0.25) is 0 Å². The maximum absolute atomic E-state index is 4.63. The van der Waals surface area contributed by atoms with Crippen LogP contribution in [0.2, 0.25) is 0 Å². The van der Waals surface area contributed by atoms with Gasteiger partial charge in [-0.1, -0.05) is 56.2 Å². The van der Waals surface area contributed by atoms with Crippen LogP contribution in [0.4, 0.5) is 5.82 Å². The molecular formula is C21H29N3. The van der Waals surface area contributed by atoms with Crippen LogP contribution in [-0.2, 0) is 6.54 Å². The van der Waals surface area contributed by atoms with Gasteiger partial charge < -0.3 is 5.32 Å². The summed E-state index contributed by atoms with van der Waals surface area (Å²) >= 11 is 0. The summed E-state index contributed by atoms with van der Waals surface area (Å²) in [6.07, 6.45) is 8.32. The molecule has 128 valence electrons. The van der Waals surface area contributed by atoms with Gasteiger partial charge in [-0.2, -0.15) is 0 Å². The molecule has 3 rings (SSSR count). The Bertz CT molecular complexity index is 594. The first-order valence-electron chi connectivity index (χ1n) is 9.34. The summed E-state index contributed by atoms with van der Waals surface area (Å²) < 4.78 is 0. The van der Waals surface area contributed by atoms with Gasteiger partial charge in [-0.25, -0.2) is 4.98 Å². The van der Waals surface area contributed by atoms with Crippen LogP contribution in [-0.4, -0.2) is 23.0 Å². The largest absolute Gasteiger partial charge is 0.370 e. The predicted molar refractivity (Wildman–Crippen MR) is 101 cm³/mol. The van der Waals surface area contributed by atoms with Crippen molar-refractivity contribution in [2.24, 2.45) is 0 Å². The second-order valence-electron chi connectivity index (χ2n) is 6.72. The monoisotopic (exact) mass is 323 g/mol. The zero-order valence-corrected chi connectivity index (χ0v) is 14.7. The van der Waals surface area contributed by atoms with Crippen LogP contribution >= 0.6 is 0 Å². The standard InChI is InChI=1S/C21H29N3/c1-2-3-14-22-21-13-12-19(16-23-21)20-11-7-8-15-24(20)17-18-9-5-4-6-10-18/h4-6,9-10,12-13,16,20H,2-3,7-8,11,14-15,17H2,1H3,(H,22,23)/t20-/m1/s1. The molecule has 0 radical (unpaired) electrons. The van der Waals surface area contributed by atoms with Crippen LogP contribution in [0, 0.1) is 0 Å². The second-order valence-corrected chi connectivity index (χ2v) is 6.72. The lowest BCUT2D eigenvalue weighted by atomic mass is 9.95. The van der Waals surface area contributed by atoms with Gasteiger partial charge in [0, 0.05) is 25.3 Å². The lowest BCUT2D eigenvalue weighted by Crippen LogP contribution is -2.33. The summed E-state index contributed by atoms with van der Waals surface area (Å²) in [5.41, 5.74) is 2.75. The summed E-state index contributed by atoms with van der Waals surface area (Å²) in [6.45, 7) is 5.42. The Labute approximate surface area is 146 Å². The van der Waals surface area contributed by atoms with Crippen LogP contribution in [0.3, 0.4) is 0 Å². The fourth-order valence-corrected chi connectivity index (χ4v) is 3.48. The van der Waals surface area contributed by atoms with E-state index < -0.39 is 0 Å². The van der Waals surface area contributed by atoms with E-state index >= 15 is 0 Å². The number of likely N-dealkylation sites (tertiary alicyclic amines) is 1. The molecule has 1 aliphatic heterocycles. The normalized spacial score (nSPS) is 18.5. The SMILES string of the molecule is CCCCNc1ccc([C@H]2CCCCN2Cc2ccccc2)cn1. The molecule has 1 N–H and O–H groups in total. The van der Waals surface area contributed by atoms with Crippen molar-refractivity contribution in [2.75, 3.05) is 18.4 Å². The summed E-state index contributed by atoms with van der Waals surface area (Å²) in [5.74, 6) is 0.998. The molecule has 2 aromatic rings. The average Bonchev–Trinajstić information content (AvgIpc) is 2.64. The molecule has 0 amide bonds. The average molecular weight is 323 g/mol. The fraction of sp³-hybridized carbons (Fsp3) is 0.476. The first kappa shape index (κ1) is 17.0. The van der Waals surface area contributed by atoms with Crippen LogP contribution in [0.1, 0.15) is 56.2 Å². The summed E-state index contributed by atoms with van der Waals surface area (Å²) in [5, 5.41) is 3.40. The van der Waals surface area contributed by atoms with Crippen LogP contribution in [0.15, 0.2) is 48.7 Å². The van der Waals surface area contributed by atoms with E-state index in [0.717, 1.165) is 18.9 Å². The highest BCUT2D eigenvalue weighted by Gasteiger charge is 2.24. The molecule has 3 nitrogen and oxygen atoms in total. The predicted octanol–water partition coefficient (Wildman–Crippen LogP) is 5.02. The maximum atomic E-state index is 4.63. The Morgan fingerprint density at radius 2 is 2.00 bits per heavy atom. The first-order chi connectivity index (χ1) is 11.9. The number of aromatic nitrogens is 1. The molecule has 0 aliphatic carbocycles. The molecule has 2 heterocycles. The van der Waals surface area contributed by atoms with E-state index in [9.17, 15) is 0 Å². The minimum atomic E-state index is 0.496. The molecule has 1 atom stereocenters. The Morgan fingerprint density at radius 1 is 1.12 bits per heavy atom. The number of hydrogen-bond acceptors (Lipinski definition) is 3. The van der Waals surface area contributed by atoms with Crippen molar-refractivity contribution in [3.63, 3.8) is 0 Å². The summed E-state index contributed by atoms with van der Waals surface area (Å²) in [6, 6.07) is 15.7. The number of unbranched alkanes of at least 4 members (excludes halogenated alkanes) is 1. The highest BCUT2D eigenvalue weighted by molar-refractivity contribution is 5.36. The van der Waals surface area contributed by atoms with E-state index in [4.69, 9.17) is 0 Å². The van der Waals surface area contributed by atoms with E-state index in [2.05, 4.69) is 70.8 Å². The number of benzene rings is 1. The van der Waals surface area contributed by atoms with E-state index in [1.807, 2.05) is 0 Å². The topological polar surface area (TPSA) is 28.2 Å². The molecule has 0 bridgehead atoms. The smallest absolute Gasteiger partial charge is 0.125 e. The van der Waals surface area contributed by atoms with Gasteiger partial charge in [-0.15, -0.1) is 0 Å². The zero-order chi connectivity index (χ0) is 16.6. The highest BCUT2D eigenvalue weighted by Crippen LogP contribution is 2.32. The van der Waals surface area contributed by atoms with Gasteiger partial charge in [-0.3, -0.25) is 4.90 Å². The number of nitrogens with one attached hydrogen (secondary N) is 1. The van der Waals surface area contributed by atoms with Crippen molar-refractivity contribution in [2.45, 2.75) is 51.6 Å². The summed E-state index contributed by atoms with van der Waals surface area (Å²) in [4.78, 5) is 7.24. The van der Waals surface area contributed by atoms with E-state index in [1.54, 1.807) is 0 Å². The minimum absolute atomic E-state index is 0.496. The van der Waals surface area contributed by atoms with Gasteiger partial charge >= 0.3 is 0 Å². The molecule has 1 aliphatic rings. The molecule has 3 heteroatoms. The van der Waals surface area contributed by atoms with Crippen molar-refractivity contribution in [1.29, 1.82) is 0 Å². The first-order valence-corrected chi connectivity index (χ1v) is 9.34. The minimum Gasteiger partial charge on any atom is -0.370 e. The Balaban J connectivity index is 1.66. The summed E-state index contributed by atoms with van der Waals surface area (Å²) in [7, 11) is 0. The van der Waals surface area contributed by atoms with E-state index in [1.165, 1.54) is 49.8 Å². The van der Waals surface area contributed by atoms with Gasteiger partial charge in [0.1, 0.15) is 5.82 Å². The lowest BCUT2D eigenvalue weighted by Gasteiger charge is -2.36. The lowest BCUT2D eigenvalue weighted by molar-refractivity contribution is 0.140. The molecule has 24 heavy (non-hydrogen) atoms. The van der Waals surface area contributed by atoms with Crippen LogP contribution < -0.4 is 5.32 Å². The number of rotatable bonds is 7. The number of hydrogen-bond donors (Lipinski definition) is 1. The molecular weight excluding hydrogens is 294 g/mol. The number of piperidine rings is 1. The fourth-order valence-electron chi connectivity index (χ4n) is 3.48. The zero-order valence-electron chi connectivity index (χ0n) is 14.7. The van der Waals surface area contributed by atoms with Crippen LogP contribution in [0.5, 0.6) is 0 Å². The van der Waals surface area contributed by atoms with E-state index in [0.29, 0.717) is 6.04 Å². The third-order valence-corrected chi connectivity index (χ3v) is 4.85. The molecule has 1 saturated heterocycles. The third kappa shape index (κ3) is 4.57. The Hall–Kier alpha value is -1.87. The third-order valence-electron chi connectivity index (χ3n) is 4.85. The number of pyridine rings is 1. The Kier molecular flexibility index (Phi) is 6.25. The number of anilines is 1. The van der Waals surface area contributed by atoms with Crippen molar-refractivity contribution in [1.82, 2.24) is 9.88 Å². The van der Waals surface area contributed by atoms with Crippen LogP contribution in [0.25, 0.3) is 0 Å². The molecule has 1 aromatic carbocycles. The van der Waals surface area contributed by atoms with Crippen molar-refractivity contribution in [3.05, 3.63) is 59.8 Å². The van der Waals surface area contributed by atoms with Crippen molar-refractivity contribution in [3.8, 4) is 0 Å². The highest BCUT2D eigenvalue weighted by atomic mass is 15.2. The maximum Gasteiger partial charge on any atom is 0.125 e. The quantitative estimate of drug-likeness (QED) is 0.725. The van der Waals surface area contributed by atoms with Gasteiger partial charge in [0.05, 0.1) is 0 Å². The molecule has 0 saturated carbocycles. The van der Waals surface area contributed by atoms with Crippen molar-refractivity contribution >= 4 is 5.82 Å². The van der Waals surface area contributed by atoms with Gasteiger partial charge in [0.25, 0.3) is 0 Å². The molecule has 0 spiro atoms. The molecule has 1 aromatic heterocycles. The molecule has 0 unspecified atom stereocenters. The Morgan fingerprint density at radius 3 is 2.75 bits per heavy atom. The van der Waals surface area contributed by atoms with E-state index in [-0.39, 0.29) is 0 Å². The number of nitrogens with zero attached hydrogens (tertiary/aromatic N) is 2. The second kappa shape index (κ2) is 8.84. The van der Waals surface area contributed by atoms with Gasteiger partial charge in [-0.05, 0) is 43.0 Å². The van der Waals surface area contributed by atoms with Crippen molar-refractivity contribution < 1.29 is 0 Å². The van der Waals surface area contributed by atoms with Gasteiger partial charge in [0.15, 0.2) is 0 Å².